The number of aliphatic hydroxyl groups excluding tert-OH is 1. The van der Waals surface area contributed by atoms with E-state index in [4.69, 9.17) is 19.2 Å². The number of carbonyl (C=O) groups is 4. The Morgan fingerprint density at radius 1 is 1.10 bits per heavy atom. The van der Waals surface area contributed by atoms with Gasteiger partial charge in [0.1, 0.15) is 17.0 Å². The number of fused-ring (bicyclic) bond motifs is 5. The van der Waals surface area contributed by atoms with Crippen LogP contribution in [0.5, 0.6) is 5.75 Å². The van der Waals surface area contributed by atoms with Crippen molar-refractivity contribution in [1.29, 1.82) is 0 Å². The van der Waals surface area contributed by atoms with E-state index in [1.165, 1.54) is 0 Å². The standard InChI is InChI=1S/C39H50N2O8/c1-6-47-36(46)39-19-26(39)15-11-9-7-8-10-14-25(18-32(44)48-37(3,4)5)35(45)41-23-38(20-29(41)30(42)22-39)21-31(43)33-27-16-12-13-17-28(27)40-24(2)34(33)49-38/h11-13,15-17,25-26,29,31,43H,6-10,14,18-23H2,1-5H3/b15-11-/t25-,26-,29+,31?,38+,39-/m1/s1. The predicted octanol–water partition coefficient (Wildman–Crippen LogP) is 6.10. The number of para-hydroxylation sites is 1. The highest BCUT2D eigenvalue weighted by Crippen LogP contribution is 2.58. The zero-order chi connectivity index (χ0) is 35.1. The second kappa shape index (κ2) is 13.5. The molecule has 1 unspecified atom stereocenters. The maximum Gasteiger partial charge on any atom is 0.313 e. The van der Waals surface area contributed by atoms with Gasteiger partial charge < -0.3 is 24.2 Å². The van der Waals surface area contributed by atoms with E-state index in [1.807, 2.05) is 37.3 Å². The minimum atomic E-state index is -1.07. The summed E-state index contributed by atoms with van der Waals surface area (Å²) in [5.41, 5.74) is -0.718. The average molecular weight is 675 g/mol. The van der Waals surface area contributed by atoms with Gasteiger partial charge in [0, 0.05) is 36.1 Å². The Morgan fingerprint density at radius 3 is 2.63 bits per heavy atom. The molecule has 264 valence electrons. The Labute approximate surface area is 288 Å². The monoisotopic (exact) mass is 674 g/mol. The molecule has 4 heterocycles. The van der Waals surface area contributed by atoms with Crippen molar-refractivity contribution in [2.75, 3.05) is 13.2 Å². The summed E-state index contributed by atoms with van der Waals surface area (Å²) in [6, 6.07) is 6.69. The van der Waals surface area contributed by atoms with Crippen LogP contribution in [0.4, 0.5) is 0 Å². The molecule has 10 heteroatoms. The molecule has 1 spiro atoms. The van der Waals surface area contributed by atoms with Gasteiger partial charge in [-0.05, 0) is 72.3 Å². The number of aryl methyl sites for hydroxylation is 1. The molecule has 4 aliphatic rings. The number of ether oxygens (including phenoxy) is 3. The summed E-state index contributed by atoms with van der Waals surface area (Å²) in [6.07, 6.45) is 7.71. The van der Waals surface area contributed by atoms with Crippen LogP contribution in [0.2, 0.25) is 0 Å². The number of esters is 2. The topological polar surface area (TPSA) is 132 Å². The fraction of sp³-hybridized carbons (Fsp3) is 0.615. The number of aromatic nitrogens is 1. The number of Topliss-reactive ketones (excluding diaryl/α,β-unsaturated/α-hetero) is 1. The first-order valence-electron chi connectivity index (χ1n) is 17.9. The van der Waals surface area contributed by atoms with Crippen molar-refractivity contribution in [2.24, 2.45) is 17.3 Å². The van der Waals surface area contributed by atoms with Crippen molar-refractivity contribution in [3.8, 4) is 5.75 Å². The lowest BCUT2D eigenvalue weighted by Crippen LogP contribution is -2.47. The van der Waals surface area contributed by atoms with Crippen molar-refractivity contribution in [1.82, 2.24) is 9.88 Å². The Balaban J connectivity index is 1.37. The lowest BCUT2D eigenvalue weighted by molar-refractivity contribution is -0.159. The number of pyridine rings is 1. The van der Waals surface area contributed by atoms with Crippen LogP contribution in [0.1, 0.15) is 109 Å². The number of ketones is 1. The number of aliphatic hydroxyl groups is 1. The largest absolute Gasteiger partial charge is 0.483 e. The summed E-state index contributed by atoms with van der Waals surface area (Å²) in [5, 5.41) is 12.5. The summed E-state index contributed by atoms with van der Waals surface area (Å²) in [5.74, 6) is -1.72. The van der Waals surface area contributed by atoms with E-state index < -0.39 is 40.7 Å². The Hall–Kier alpha value is -3.79. The van der Waals surface area contributed by atoms with Gasteiger partial charge in [0.25, 0.3) is 0 Å². The molecule has 1 aliphatic carbocycles. The number of hydrogen-bond donors (Lipinski definition) is 1. The number of rotatable bonds is 4. The van der Waals surface area contributed by atoms with Crippen LogP contribution in [0.15, 0.2) is 36.4 Å². The third-order valence-corrected chi connectivity index (χ3v) is 10.6. The highest BCUT2D eigenvalue weighted by Gasteiger charge is 2.63. The van der Waals surface area contributed by atoms with Crippen LogP contribution in [0, 0.1) is 24.2 Å². The van der Waals surface area contributed by atoms with Crippen LogP contribution in [-0.2, 0) is 28.7 Å². The third kappa shape index (κ3) is 7.12. The van der Waals surface area contributed by atoms with E-state index >= 15 is 0 Å². The smallest absolute Gasteiger partial charge is 0.313 e. The van der Waals surface area contributed by atoms with Crippen molar-refractivity contribution in [2.45, 2.75) is 122 Å². The average Bonchev–Trinajstić information content (AvgIpc) is 3.60. The maximum atomic E-state index is 14.6. The molecule has 1 N–H and O–H groups in total. The van der Waals surface area contributed by atoms with Gasteiger partial charge in [0.2, 0.25) is 5.91 Å². The molecule has 6 rings (SSSR count). The SMILES string of the molecule is CCOC(=O)[C@]12CC(=O)[C@@H]3C[C@]4(CC(O)c5c(c(C)nc6ccccc56)O4)CN3C(=O)[C@@H](CC(=O)OC(C)(C)C)CCCCC/C=C\[C@@H]1C2. The van der Waals surface area contributed by atoms with Crippen molar-refractivity contribution >= 4 is 34.5 Å². The zero-order valence-electron chi connectivity index (χ0n) is 29.5. The number of allylic oxidation sites excluding steroid dienone is 2. The fourth-order valence-electron chi connectivity index (χ4n) is 8.23. The summed E-state index contributed by atoms with van der Waals surface area (Å²) < 4.78 is 17.9. The molecule has 1 saturated carbocycles. The molecule has 0 radical (unpaired) electrons. The van der Waals surface area contributed by atoms with Gasteiger partial charge in [-0.2, -0.15) is 0 Å². The molecule has 1 amide bonds. The molecule has 2 aromatic rings. The molecular weight excluding hydrogens is 624 g/mol. The first kappa shape index (κ1) is 35.1. The first-order chi connectivity index (χ1) is 23.3. The van der Waals surface area contributed by atoms with E-state index in [9.17, 15) is 24.3 Å². The maximum absolute atomic E-state index is 14.6. The van der Waals surface area contributed by atoms with Crippen molar-refractivity contribution in [3.63, 3.8) is 0 Å². The molecule has 1 aromatic heterocycles. The van der Waals surface area contributed by atoms with E-state index in [-0.39, 0.29) is 62.4 Å². The Morgan fingerprint density at radius 2 is 1.88 bits per heavy atom. The van der Waals surface area contributed by atoms with Gasteiger partial charge in [0.15, 0.2) is 5.78 Å². The molecule has 0 bridgehead atoms. The number of benzene rings is 1. The highest BCUT2D eigenvalue weighted by atomic mass is 16.6. The van der Waals surface area contributed by atoms with E-state index in [0.717, 1.165) is 36.6 Å². The first-order valence-corrected chi connectivity index (χ1v) is 17.9. The number of amides is 1. The normalized spacial score (nSPS) is 31.1. The molecule has 6 atom stereocenters. The van der Waals surface area contributed by atoms with Gasteiger partial charge in [-0.15, -0.1) is 0 Å². The van der Waals surface area contributed by atoms with Gasteiger partial charge in [-0.1, -0.05) is 43.2 Å². The summed E-state index contributed by atoms with van der Waals surface area (Å²) in [4.78, 5) is 61.9. The number of hydrogen-bond acceptors (Lipinski definition) is 9. The fourth-order valence-corrected chi connectivity index (χ4v) is 8.23. The van der Waals surface area contributed by atoms with E-state index in [0.29, 0.717) is 29.8 Å². The minimum Gasteiger partial charge on any atom is -0.483 e. The number of carbonyl (C=O) groups excluding carboxylic acids is 4. The van der Waals surface area contributed by atoms with E-state index in [1.54, 1.807) is 32.6 Å². The van der Waals surface area contributed by atoms with Crippen LogP contribution >= 0.6 is 0 Å². The van der Waals surface area contributed by atoms with Gasteiger partial charge in [-0.25, -0.2) is 4.98 Å². The van der Waals surface area contributed by atoms with Crippen LogP contribution < -0.4 is 4.74 Å². The lowest BCUT2D eigenvalue weighted by Gasteiger charge is -2.39. The minimum absolute atomic E-state index is 0.0611. The second-order valence-electron chi connectivity index (χ2n) is 15.5. The highest BCUT2D eigenvalue weighted by molar-refractivity contribution is 5.96. The van der Waals surface area contributed by atoms with Gasteiger partial charge in [-0.3, -0.25) is 19.2 Å². The second-order valence-corrected chi connectivity index (χ2v) is 15.5. The molecule has 1 saturated heterocycles. The van der Waals surface area contributed by atoms with Crippen molar-refractivity contribution < 1.29 is 38.5 Å². The van der Waals surface area contributed by atoms with Gasteiger partial charge >= 0.3 is 11.9 Å². The quantitative estimate of drug-likeness (QED) is 0.302. The van der Waals surface area contributed by atoms with Gasteiger partial charge in [0.05, 0.1) is 48.3 Å². The molecular formula is C39H50N2O8. The molecule has 10 nitrogen and oxygen atoms in total. The molecule has 3 aliphatic heterocycles. The summed E-state index contributed by atoms with van der Waals surface area (Å²) >= 11 is 0. The Kier molecular flexibility index (Phi) is 9.65. The van der Waals surface area contributed by atoms with Crippen LogP contribution in [-0.4, -0.2) is 69.0 Å². The predicted molar refractivity (Wildman–Crippen MR) is 183 cm³/mol. The molecule has 1 aromatic carbocycles. The summed E-state index contributed by atoms with van der Waals surface area (Å²) in [6.45, 7) is 9.25. The van der Waals surface area contributed by atoms with Crippen LogP contribution in [0.25, 0.3) is 10.9 Å². The summed E-state index contributed by atoms with van der Waals surface area (Å²) in [7, 11) is 0. The third-order valence-electron chi connectivity index (χ3n) is 10.6. The van der Waals surface area contributed by atoms with Crippen LogP contribution in [0.3, 0.4) is 0 Å². The molecule has 49 heavy (non-hydrogen) atoms. The lowest BCUT2D eigenvalue weighted by atomic mass is 9.84. The van der Waals surface area contributed by atoms with E-state index in [2.05, 4.69) is 6.08 Å². The van der Waals surface area contributed by atoms with Crippen molar-refractivity contribution in [3.05, 3.63) is 47.7 Å². The Bertz CT molecular complexity index is 1660. The zero-order valence-corrected chi connectivity index (χ0v) is 29.5. The molecule has 2 fully saturated rings. The number of nitrogens with zero attached hydrogens (tertiary/aromatic N) is 2.